The van der Waals surface area contributed by atoms with Crippen LogP contribution in [0.3, 0.4) is 0 Å². The number of likely N-dealkylation sites (N-methyl/N-ethyl adjacent to an activating group) is 1. The molecule has 0 bridgehead atoms. The number of benzene rings is 1. The van der Waals surface area contributed by atoms with E-state index in [1.165, 1.54) is 0 Å². The number of carbonyl (C=O) groups excluding carboxylic acids is 2. The highest BCUT2D eigenvalue weighted by Crippen LogP contribution is 2.09. The second-order valence-corrected chi connectivity index (χ2v) is 5.12. The maximum absolute atomic E-state index is 11.5. The van der Waals surface area contributed by atoms with Gasteiger partial charge in [-0.25, -0.2) is 4.79 Å². The zero-order valence-electron chi connectivity index (χ0n) is 11.0. The number of alkyl carbamates (subject to hydrolysis) is 1. The number of imide groups is 1. The Balaban J connectivity index is 2.38. The van der Waals surface area contributed by atoms with Crippen LogP contribution in [-0.4, -0.2) is 32.2 Å². The fraction of sp³-hybridized carbons (Fsp3) is 0.385. The molecule has 0 aromatic heterocycles. The van der Waals surface area contributed by atoms with Crippen LogP contribution < -0.4 is 10.2 Å². The number of rotatable bonds is 5. The van der Waals surface area contributed by atoms with Crippen molar-refractivity contribution in [2.24, 2.45) is 0 Å². The predicted molar refractivity (Wildman–Crippen MR) is 74.8 cm³/mol. The number of hydrogen-bond acceptors (Lipinski definition) is 3. The monoisotopic (exact) mass is 329 g/mol. The number of hydrogen-bond donors (Lipinski definition) is 2. The first kappa shape index (κ1) is 15.7. The molecule has 0 saturated carbocycles. The molecule has 1 aromatic carbocycles. The SMILES string of the molecule is CCOC(=O)NC(=O)C[NH+](C)Cc1ccc(Br)cc1. The van der Waals surface area contributed by atoms with Gasteiger partial charge in [0.2, 0.25) is 0 Å². The van der Waals surface area contributed by atoms with Gasteiger partial charge in [-0.15, -0.1) is 0 Å². The third-order valence-corrected chi connectivity index (χ3v) is 2.93. The Morgan fingerprint density at radius 1 is 1.32 bits per heavy atom. The molecule has 1 atom stereocenters. The Bertz CT molecular complexity index is 434. The van der Waals surface area contributed by atoms with E-state index in [1.807, 2.05) is 31.3 Å². The van der Waals surface area contributed by atoms with Gasteiger partial charge in [0.05, 0.1) is 13.7 Å². The van der Waals surface area contributed by atoms with Gasteiger partial charge in [-0.05, 0) is 19.1 Å². The summed E-state index contributed by atoms with van der Waals surface area (Å²) in [6.45, 7) is 2.87. The molecule has 6 heteroatoms. The average Bonchev–Trinajstić information content (AvgIpc) is 2.32. The summed E-state index contributed by atoms with van der Waals surface area (Å²) in [4.78, 5) is 23.6. The average molecular weight is 330 g/mol. The van der Waals surface area contributed by atoms with E-state index in [1.54, 1.807) is 6.92 Å². The second-order valence-electron chi connectivity index (χ2n) is 4.21. The van der Waals surface area contributed by atoms with Crippen molar-refractivity contribution in [1.29, 1.82) is 0 Å². The molecule has 2 amide bonds. The summed E-state index contributed by atoms with van der Waals surface area (Å²) >= 11 is 3.37. The number of carbonyl (C=O) groups is 2. The van der Waals surface area contributed by atoms with E-state index in [0.29, 0.717) is 6.54 Å². The van der Waals surface area contributed by atoms with Gasteiger partial charge < -0.3 is 9.64 Å². The van der Waals surface area contributed by atoms with Crippen molar-refractivity contribution >= 4 is 27.9 Å². The van der Waals surface area contributed by atoms with Crippen molar-refractivity contribution in [2.75, 3.05) is 20.2 Å². The van der Waals surface area contributed by atoms with E-state index < -0.39 is 6.09 Å². The van der Waals surface area contributed by atoms with Gasteiger partial charge in [0.1, 0.15) is 6.54 Å². The lowest BCUT2D eigenvalue weighted by molar-refractivity contribution is -0.885. The van der Waals surface area contributed by atoms with Crippen molar-refractivity contribution in [3.63, 3.8) is 0 Å². The summed E-state index contributed by atoms with van der Waals surface area (Å²) in [7, 11) is 1.90. The standard InChI is InChI=1S/C13H17BrN2O3/c1-3-19-13(18)15-12(17)9-16(2)8-10-4-6-11(14)7-5-10/h4-7H,3,8-9H2,1-2H3,(H,15,17,18)/p+1. The lowest BCUT2D eigenvalue weighted by atomic mass is 10.2. The number of nitrogens with one attached hydrogen (secondary N) is 2. The molecule has 0 aliphatic carbocycles. The fourth-order valence-corrected chi connectivity index (χ4v) is 1.88. The Morgan fingerprint density at radius 3 is 2.53 bits per heavy atom. The van der Waals surface area contributed by atoms with E-state index in [4.69, 9.17) is 0 Å². The van der Waals surface area contributed by atoms with Crippen LogP contribution in [0.4, 0.5) is 4.79 Å². The highest BCUT2D eigenvalue weighted by Gasteiger charge is 2.13. The van der Waals surface area contributed by atoms with Crippen molar-refractivity contribution < 1.29 is 19.2 Å². The van der Waals surface area contributed by atoms with Crippen LogP contribution in [0.25, 0.3) is 0 Å². The van der Waals surface area contributed by atoms with Crippen LogP contribution in [0.15, 0.2) is 28.7 Å². The summed E-state index contributed by atoms with van der Waals surface area (Å²) < 4.78 is 5.66. The molecule has 19 heavy (non-hydrogen) atoms. The number of quaternary nitrogens is 1. The molecule has 104 valence electrons. The maximum atomic E-state index is 11.5. The zero-order chi connectivity index (χ0) is 14.3. The lowest BCUT2D eigenvalue weighted by Gasteiger charge is -2.13. The maximum Gasteiger partial charge on any atom is 0.414 e. The molecular weight excluding hydrogens is 312 g/mol. The van der Waals surface area contributed by atoms with E-state index >= 15 is 0 Å². The number of amides is 2. The Kier molecular flexibility index (Phi) is 6.52. The third-order valence-electron chi connectivity index (χ3n) is 2.40. The minimum atomic E-state index is -0.691. The van der Waals surface area contributed by atoms with Crippen LogP contribution in [0.2, 0.25) is 0 Å². The molecule has 0 saturated heterocycles. The molecule has 0 radical (unpaired) electrons. The first-order valence-corrected chi connectivity index (χ1v) is 6.83. The summed E-state index contributed by atoms with van der Waals surface area (Å²) in [6, 6.07) is 7.91. The topological polar surface area (TPSA) is 59.8 Å². The Labute approximate surface area is 121 Å². The van der Waals surface area contributed by atoms with Gasteiger partial charge in [0, 0.05) is 10.0 Å². The Hall–Kier alpha value is -1.40. The molecular formula is C13H18BrN2O3+. The van der Waals surface area contributed by atoms with E-state index in [-0.39, 0.29) is 19.1 Å². The van der Waals surface area contributed by atoms with Gasteiger partial charge in [0.25, 0.3) is 5.91 Å². The molecule has 0 aliphatic rings. The minimum absolute atomic E-state index is 0.217. The second kappa shape index (κ2) is 7.91. The zero-order valence-corrected chi connectivity index (χ0v) is 12.6. The molecule has 1 unspecified atom stereocenters. The molecule has 0 aliphatic heterocycles. The van der Waals surface area contributed by atoms with Crippen LogP contribution in [-0.2, 0) is 16.1 Å². The molecule has 0 spiro atoms. The van der Waals surface area contributed by atoms with Crippen LogP contribution in [0.1, 0.15) is 12.5 Å². The highest BCUT2D eigenvalue weighted by atomic mass is 79.9. The quantitative estimate of drug-likeness (QED) is 0.837. The number of ether oxygens (including phenoxy) is 1. The largest absolute Gasteiger partial charge is 0.450 e. The third kappa shape index (κ3) is 6.35. The van der Waals surface area contributed by atoms with Crippen molar-refractivity contribution in [1.82, 2.24) is 5.32 Å². The van der Waals surface area contributed by atoms with E-state index in [0.717, 1.165) is 14.9 Å². The van der Waals surface area contributed by atoms with Crippen molar-refractivity contribution in [3.8, 4) is 0 Å². The van der Waals surface area contributed by atoms with Gasteiger partial charge in [-0.1, -0.05) is 28.1 Å². The summed E-state index contributed by atoms with van der Waals surface area (Å²) in [5, 5.41) is 2.18. The highest BCUT2D eigenvalue weighted by molar-refractivity contribution is 9.10. The molecule has 0 fully saturated rings. The van der Waals surface area contributed by atoms with Crippen LogP contribution in [0, 0.1) is 0 Å². The van der Waals surface area contributed by atoms with Gasteiger partial charge in [-0.3, -0.25) is 10.1 Å². The van der Waals surface area contributed by atoms with Gasteiger partial charge >= 0.3 is 6.09 Å². The van der Waals surface area contributed by atoms with E-state index in [2.05, 4.69) is 26.0 Å². The van der Waals surface area contributed by atoms with Crippen molar-refractivity contribution in [3.05, 3.63) is 34.3 Å². The minimum Gasteiger partial charge on any atom is -0.450 e. The molecule has 5 nitrogen and oxygen atoms in total. The summed E-state index contributed by atoms with van der Waals surface area (Å²) in [5.74, 6) is -0.340. The van der Waals surface area contributed by atoms with Crippen LogP contribution >= 0.6 is 15.9 Å². The smallest absolute Gasteiger partial charge is 0.414 e. The Morgan fingerprint density at radius 2 is 1.95 bits per heavy atom. The van der Waals surface area contributed by atoms with Gasteiger partial charge in [-0.2, -0.15) is 0 Å². The summed E-state index contributed by atoms with van der Waals surface area (Å²) in [6.07, 6.45) is -0.691. The molecule has 2 N–H and O–H groups in total. The lowest BCUT2D eigenvalue weighted by Crippen LogP contribution is -3.08. The predicted octanol–water partition coefficient (Wildman–Crippen LogP) is 0.736. The fourth-order valence-electron chi connectivity index (χ4n) is 1.61. The molecule has 0 heterocycles. The normalized spacial score (nSPS) is 11.7. The first-order valence-electron chi connectivity index (χ1n) is 6.03. The molecule has 1 rings (SSSR count). The van der Waals surface area contributed by atoms with E-state index in [9.17, 15) is 9.59 Å². The molecule has 1 aromatic rings. The summed E-state index contributed by atoms with van der Waals surface area (Å²) in [5.41, 5.74) is 1.13. The van der Waals surface area contributed by atoms with Gasteiger partial charge in [0.15, 0.2) is 6.54 Å². The number of halogens is 1. The van der Waals surface area contributed by atoms with Crippen LogP contribution in [0.5, 0.6) is 0 Å². The van der Waals surface area contributed by atoms with Crippen molar-refractivity contribution in [2.45, 2.75) is 13.5 Å². The first-order chi connectivity index (χ1) is 9.01.